The number of hydrogen-bond donors (Lipinski definition) is 1. The first-order valence-electron chi connectivity index (χ1n) is 6.84. The first-order chi connectivity index (χ1) is 9.60. The van der Waals surface area contributed by atoms with E-state index >= 15 is 0 Å². The van der Waals surface area contributed by atoms with E-state index in [0.717, 1.165) is 24.0 Å². The molecule has 104 valence electrons. The number of halogens is 2. The Bertz CT molecular complexity index is 618. The molecule has 0 saturated carbocycles. The normalized spacial score (nSPS) is 21.6. The molecule has 1 aliphatic rings. The van der Waals surface area contributed by atoms with Crippen LogP contribution in [0, 0.1) is 11.6 Å². The lowest BCUT2D eigenvalue weighted by Gasteiger charge is -2.35. The molecule has 0 bridgehead atoms. The summed E-state index contributed by atoms with van der Waals surface area (Å²) in [5, 5.41) is 10.9. The van der Waals surface area contributed by atoms with Gasteiger partial charge in [-0.1, -0.05) is 30.3 Å². The van der Waals surface area contributed by atoms with Gasteiger partial charge in [-0.05, 0) is 42.5 Å². The van der Waals surface area contributed by atoms with Crippen LogP contribution in [0.5, 0.6) is 0 Å². The van der Waals surface area contributed by atoms with Gasteiger partial charge in [-0.15, -0.1) is 0 Å². The van der Waals surface area contributed by atoms with Crippen molar-refractivity contribution in [3.63, 3.8) is 0 Å². The van der Waals surface area contributed by atoms with Crippen LogP contribution in [0.3, 0.4) is 0 Å². The Morgan fingerprint density at radius 1 is 1.00 bits per heavy atom. The molecule has 2 aromatic rings. The largest absolute Gasteiger partial charge is 0.385 e. The molecule has 3 heteroatoms. The molecule has 0 aromatic heterocycles. The Morgan fingerprint density at radius 2 is 1.70 bits per heavy atom. The van der Waals surface area contributed by atoms with Crippen molar-refractivity contribution >= 4 is 0 Å². The molecule has 0 radical (unpaired) electrons. The minimum Gasteiger partial charge on any atom is -0.385 e. The fourth-order valence-electron chi connectivity index (χ4n) is 3.08. The van der Waals surface area contributed by atoms with Crippen molar-refractivity contribution in [2.45, 2.75) is 31.3 Å². The topological polar surface area (TPSA) is 20.2 Å². The number of benzene rings is 2. The van der Waals surface area contributed by atoms with E-state index in [2.05, 4.69) is 0 Å². The SMILES string of the molecule is OC1(Cc2c(F)cccc2F)CCCc2ccccc21. The van der Waals surface area contributed by atoms with Crippen LogP contribution < -0.4 is 0 Å². The molecule has 0 fully saturated rings. The van der Waals surface area contributed by atoms with E-state index in [-0.39, 0.29) is 12.0 Å². The van der Waals surface area contributed by atoms with Crippen LogP contribution in [0.15, 0.2) is 42.5 Å². The molecular weight excluding hydrogens is 258 g/mol. The quantitative estimate of drug-likeness (QED) is 0.884. The molecule has 1 nitrogen and oxygen atoms in total. The molecule has 0 aliphatic heterocycles. The second kappa shape index (κ2) is 4.98. The van der Waals surface area contributed by atoms with Crippen molar-refractivity contribution in [2.24, 2.45) is 0 Å². The summed E-state index contributed by atoms with van der Waals surface area (Å²) < 4.78 is 27.6. The van der Waals surface area contributed by atoms with E-state index in [1.807, 2.05) is 24.3 Å². The van der Waals surface area contributed by atoms with Gasteiger partial charge in [0.15, 0.2) is 0 Å². The molecule has 0 amide bonds. The third-order valence-corrected chi connectivity index (χ3v) is 4.09. The van der Waals surface area contributed by atoms with E-state index in [1.54, 1.807) is 0 Å². The van der Waals surface area contributed by atoms with Gasteiger partial charge in [0.2, 0.25) is 0 Å². The molecule has 20 heavy (non-hydrogen) atoms. The van der Waals surface area contributed by atoms with Gasteiger partial charge in [0, 0.05) is 12.0 Å². The van der Waals surface area contributed by atoms with Crippen LogP contribution in [0.1, 0.15) is 29.5 Å². The lowest BCUT2D eigenvalue weighted by atomic mass is 9.76. The Kier molecular flexibility index (Phi) is 3.30. The summed E-state index contributed by atoms with van der Waals surface area (Å²) >= 11 is 0. The van der Waals surface area contributed by atoms with Crippen molar-refractivity contribution in [2.75, 3.05) is 0 Å². The predicted octanol–water partition coefficient (Wildman–Crippen LogP) is 3.73. The van der Waals surface area contributed by atoms with Gasteiger partial charge < -0.3 is 5.11 Å². The summed E-state index contributed by atoms with van der Waals surface area (Å²) in [6, 6.07) is 11.4. The fraction of sp³-hybridized carbons (Fsp3) is 0.294. The molecule has 0 spiro atoms. The molecule has 0 saturated heterocycles. The highest BCUT2D eigenvalue weighted by Crippen LogP contribution is 2.38. The Hall–Kier alpha value is -1.74. The zero-order chi connectivity index (χ0) is 14.2. The Labute approximate surface area is 116 Å². The zero-order valence-corrected chi connectivity index (χ0v) is 11.1. The van der Waals surface area contributed by atoms with Crippen molar-refractivity contribution in [1.29, 1.82) is 0 Å². The van der Waals surface area contributed by atoms with E-state index in [1.165, 1.54) is 18.2 Å². The summed E-state index contributed by atoms with van der Waals surface area (Å²) in [6.45, 7) is 0. The maximum atomic E-state index is 13.8. The van der Waals surface area contributed by atoms with Gasteiger partial charge in [-0.3, -0.25) is 0 Å². The number of fused-ring (bicyclic) bond motifs is 1. The number of rotatable bonds is 2. The third-order valence-electron chi connectivity index (χ3n) is 4.09. The molecule has 1 N–H and O–H groups in total. The van der Waals surface area contributed by atoms with Crippen LogP contribution in [-0.4, -0.2) is 5.11 Å². The molecular formula is C17H16F2O. The Morgan fingerprint density at radius 3 is 2.45 bits per heavy atom. The third kappa shape index (κ3) is 2.22. The van der Waals surface area contributed by atoms with Gasteiger partial charge >= 0.3 is 0 Å². The minimum absolute atomic E-state index is 0.0253. The first kappa shape index (κ1) is 13.3. The highest BCUT2D eigenvalue weighted by atomic mass is 19.1. The minimum atomic E-state index is -1.18. The van der Waals surface area contributed by atoms with E-state index in [4.69, 9.17) is 0 Å². The maximum absolute atomic E-state index is 13.8. The lowest BCUT2D eigenvalue weighted by Crippen LogP contribution is -2.33. The lowest BCUT2D eigenvalue weighted by molar-refractivity contribution is 0.0174. The maximum Gasteiger partial charge on any atom is 0.129 e. The van der Waals surface area contributed by atoms with Gasteiger partial charge in [-0.2, -0.15) is 0 Å². The molecule has 1 unspecified atom stereocenters. The average molecular weight is 274 g/mol. The monoisotopic (exact) mass is 274 g/mol. The number of aliphatic hydroxyl groups is 1. The molecule has 0 heterocycles. The summed E-state index contributed by atoms with van der Waals surface area (Å²) in [7, 11) is 0. The Balaban J connectivity index is 2.02. The highest BCUT2D eigenvalue weighted by Gasteiger charge is 2.35. The predicted molar refractivity (Wildman–Crippen MR) is 73.3 cm³/mol. The van der Waals surface area contributed by atoms with Gasteiger partial charge in [0.05, 0.1) is 5.60 Å². The van der Waals surface area contributed by atoms with Crippen LogP contribution in [0.4, 0.5) is 8.78 Å². The summed E-state index contributed by atoms with van der Waals surface area (Å²) in [5.74, 6) is -1.19. The van der Waals surface area contributed by atoms with E-state index < -0.39 is 17.2 Å². The molecule has 1 aliphatic carbocycles. The standard InChI is InChI=1S/C17H16F2O/c18-15-8-3-9-16(19)13(15)11-17(20)10-4-6-12-5-1-2-7-14(12)17/h1-3,5,7-9,20H,4,6,10-11H2. The average Bonchev–Trinajstić information content (AvgIpc) is 2.44. The molecule has 3 rings (SSSR count). The summed E-state index contributed by atoms with van der Waals surface area (Å²) in [6.07, 6.45) is 2.22. The van der Waals surface area contributed by atoms with E-state index in [0.29, 0.717) is 6.42 Å². The van der Waals surface area contributed by atoms with Gasteiger partial charge in [-0.25, -0.2) is 8.78 Å². The van der Waals surface area contributed by atoms with Crippen LogP contribution in [0.2, 0.25) is 0 Å². The summed E-state index contributed by atoms with van der Waals surface area (Å²) in [4.78, 5) is 0. The zero-order valence-electron chi connectivity index (χ0n) is 11.1. The van der Waals surface area contributed by atoms with Crippen molar-refractivity contribution < 1.29 is 13.9 Å². The van der Waals surface area contributed by atoms with E-state index in [9.17, 15) is 13.9 Å². The number of aryl methyl sites for hydroxylation is 1. The van der Waals surface area contributed by atoms with Gasteiger partial charge in [0.1, 0.15) is 11.6 Å². The second-order valence-corrected chi connectivity index (χ2v) is 5.42. The fourth-order valence-corrected chi connectivity index (χ4v) is 3.08. The van der Waals surface area contributed by atoms with Crippen LogP contribution >= 0.6 is 0 Å². The van der Waals surface area contributed by atoms with Crippen molar-refractivity contribution in [3.8, 4) is 0 Å². The first-order valence-corrected chi connectivity index (χ1v) is 6.84. The highest BCUT2D eigenvalue weighted by molar-refractivity contribution is 5.36. The van der Waals surface area contributed by atoms with Crippen LogP contribution in [0.25, 0.3) is 0 Å². The smallest absolute Gasteiger partial charge is 0.129 e. The van der Waals surface area contributed by atoms with Crippen molar-refractivity contribution in [1.82, 2.24) is 0 Å². The number of hydrogen-bond acceptors (Lipinski definition) is 1. The summed E-state index contributed by atoms with van der Waals surface area (Å²) in [5.41, 5.74) is 0.649. The van der Waals surface area contributed by atoms with Crippen LogP contribution in [-0.2, 0) is 18.4 Å². The van der Waals surface area contributed by atoms with Gasteiger partial charge in [0.25, 0.3) is 0 Å². The second-order valence-electron chi connectivity index (χ2n) is 5.42. The molecule has 2 aromatic carbocycles. The molecule has 1 atom stereocenters. The van der Waals surface area contributed by atoms with Crippen molar-refractivity contribution in [3.05, 3.63) is 70.8 Å².